The summed E-state index contributed by atoms with van der Waals surface area (Å²) < 4.78 is 0. The van der Waals surface area contributed by atoms with Crippen molar-refractivity contribution < 1.29 is 0 Å². The molecule has 1 saturated carbocycles. The molecule has 1 saturated heterocycles. The molecule has 1 unspecified atom stereocenters. The van der Waals surface area contributed by atoms with Crippen LogP contribution in [0.25, 0.3) is 0 Å². The Labute approximate surface area is 98.2 Å². The second-order valence-corrected chi connectivity index (χ2v) is 6.46. The summed E-state index contributed by atoms with van der Waals surface area (Å²) in [6, 6.07) is 0.835. The van der Waals surface area contributed by atoms with E-state index in [1.165, 1.54) is 57.6 Å². The minimum absolute atomic E-state index is 0.835. The molecule has 1 atom stereocenters. The number of thioether (sulfide) groups is 1. The maximum Gasteiger partial charge on any atom is 0.0147 e. The van der Waals surface area contributed by atoms with Gasteiger partial charge in [0.1, 0.15) is 0 Å². The van der Waals surface area contributed by atoms with Crippen LogP contribution in [0.4, 0.5) is 0 Å². The van der Waals surface area contributed by atoms with Crippen molar-refractivity contribution in [3.05, 3.63) is 0 Å². The summed E-state index contributed by atoms with van der Waals surface area (Å²) in [7, 11) is 0. The molecule has 0 amide bonds. The smallest absolute Gasteiger partial charge is 0.0147 e. The van der Waals surface area contributed by atoms with Crippen LogP contribution in [0, 0.1) is 0 Å². The van der Waals surface area contributed by atoms with Gasteiger partial charge in [0.25, 0.3) is 0 Å². The molecular formula is C12H24N2S. The molecular weight excluding hydrogens is 204 g/mol. The Morgan fingerprint density at radius 2 is 2.13 bits per heavy atom. The molecule has 0 aromatic heterocycles. The Bertz CT molecular complexity index is 180. The summed E-state index contributed by atoms with van der Waals surface area (Å²) >= 11 is 2.12. The Kier molecular flexibility index (Phi) is 4.79. The van der Waals surface area contributed by atoms with Crippen LogP contribution < -0.4 is 5.32 Å². The van der Waals surface area contributed by atoms with Crippen molar-refractivity contribution in [3.8, 4) is 0 Å². The maximum atomic E-state index is 3.70. The van der Waals surface area contributed by atoms with Crippen molar-refractivity contribution in [3.63, 3.8) is 0 Å². The Balaban J connectivity index is 1.56. The van der Waals surface area contributed by atoms with Crippen LogP contribution in [0.5, 0.6) is 0 Å². The zero-order valence-corrected chi connectivity index (χ0v) is 10.7. The van der Waals surface area contributed by atoms with Crippen molar-refractivity contribution in [1.82, 2.24) is 10.2 Å². The topological polar surface area (TPSA) is 15.3 Å². The van der Waals surface area contributed by atoms with Gasteiger partial charge in [-0.2, -0.15) is 11.8 Å². The molecule has 1 aliphatic heterocycles. The third-order valence-corrected chi connectivity index (χ3v) is 4.68. The van der Waals surface area contributed by atoms with Gasteiger partial charge in [-0.3, -0.25) is 0 Å². The molecule has 1 N–H and O–H groups in total. The van der Waals surface area contributed by atoms with E-state index in [9.17, 15) is 0 Å². The Morgan fingerprint density at radius 1 is 1.33 bits per heavy atom. The quantitative estimate of drug-likeness (QED) is 0.792. The van der Waals surface area contributed by atoms with Crippen LogP contribution in [0.2, 0.25) is 0 Å². The molecule has 0 spiro atoms. The molecule has 1 aliphatic carbocycles. The van der Waals surface area contributed by atoms with E-state index in [2.05, 4.69) is 28.9 Å². The molecule has 0 radical (unpaired) electrons. The predicted molar refractivity (Wildman–Crippen MR) is 68.6 cm³/mol. The summed E-state index contributed by atoms with van der Waals surface area (Å²) in [6.07, 6.45) is 5.70. The lowest BCUT2D eigenvalue weighted by molar-refractivity contribution is 0.280. The fourth-order valence-corrected chi connectivity index (χ4v) is 3.73. The molecule has 88 valence electrons. The van der Waals surface area contributed by atoms with E-state index < -0.39 is 0 Å². The highest BCUT2D eigenvalue weighted by Gasteiger charge is 2.17. The van der Waals surface area contributed by atoms with Crippen LogP contribution in [-0.4, -0.2) is 48.1 Å². The molecule has 2 rings (SSSR count). The van der Waals surface area contributed by atoms with Crippen LogP contribution in [0.15, 0.2) is 0 Å². The molecule has 2 nitrogen and oxygen atoms in total. The summed E-state index contributed by atoms with van der Waals surface area (Å²) in [5, 5.41) is 4.53. The van der Waals surface area contributed by atoms with E-state index in [0.29, 0.717) is 0 Å². The van der Waals surface area contributed by atoms with Crippen molar-refractivity contribution >= 4 is 11.8 Å². The number of nitrogens with one attached hydrogen (secondary N) is 1. The highest BCUT2D eigenvalue weighted by molar-refractivity contribution is 7.99. The molecule has 0 bridgehead atoms. The lowest BCUT2D eigenvalue weighted by Gasteiger charge is -2.30. The number of hydrogen-bond donors (Lipinski definition) is 1. The number of nitrogens with zero attached hydrogens (tertiary/aromatic N) is 1. The van der Waals surface area contributed by atoms with Crippen LogP contribution >= 0.6 is 11.8 Å². The third kappa shape index (κ3) is 3.97. The average molecular weight is 228 g/mol. The van der Waals surface area contributed by atoms with Crippen LogP contribution in [-0.2, 0) is 0 Å². The Morgan fingerprint density at radius 3 is 2.87 bits per heavy atom. The van der Waals surface area contributed by atoms with Gasteiger partial charge in [0.15, 0.2) is 0 Å². The highest BCUT2D eigenvalue weighted by Crippen LogP contribution is 2.18. The van der Waals surface area contributed by atoms with Crippen molar-refractivity contribution in [2.45, 2.75) is 43.9 Å². The van der Waals surface area contributed by atoms with Gasteiger partial charge in [-0.1, -0.05) is 19.8 Å². The third-order valence-electron chi connectivity index (χ3n) is 3.54. The molecule has 1 heterocycles. The fourth-order valence-electron chi connectivity index (χ4n) is 2.65. The molecule has 2 fully saturated rings. The first-order valence-corrected chi connectivity index (χ1v) is 7.47. The molecule has 0 aromatic carbocycles. The standard InChI is InChI=1S/C12H24N2S/c1-11-10-14(8-9-15-11)7-6-13-12-4-2-3-5-12/h11-13H,2-10H2,1H3. The monoisotopic (exact) mass is 228 g/mol. The zero-order chi connectivity index (χ0) is 10.5. The second kappa shape index (κ2) is 6.12. The summed E-state index contributed by atoms with van der Waals surface area (Å²) in [6.45, 7) is 7.38. The van der Waals surface area contributed by atoms with Crippen molar-refractivity contribution in [2.24, 2.45) is 0 Å². The number of rotatable bonds is 4. The van der Waals surface area contributed by atoms with E-state index >= 15 is 0 Å². The Hall–Kier alpha value is 0.270. The van der Waals surface area contributed by atoms with E-state index in [0.717, 1.165) is 11.3 Å². The first-order chi connectivity index (χ1) is 7.34. The highest BCUT2D eigenvalue weighted by atomic mass is 32.2. The summed E-state index contributed by atoms with van der Waals surface area (Å²) in [5.74, 6) is 1.32. The van der Waals surface area contributed by atoms with E-state index in [4.69, 9.17) is 0 Å². The molecule has 3 heteroatoms. The van der Waals surface area contributed by atoms with Gasteiger partial charge in [-0.05, 0) is 12.8 Å². The van der Waals surface area contributed by atoms with E-state index in [-0.39, 0.29) is 0 Å². The van der Waals surface area contributed by atoms with Gasteiger partial charge in [-0.15, -0.1) is 0 Å². The van der Waals surface area contributed by atoms with Gasteiger partial charge in [0.05, 0.1) is 0 Å². The maximum absolute atomic E-state index is 3.70. The average Bonchev–Trinajstić information content (AvgIpc) is 2.71. The second-order valence-electron chi connectivity index (χ2n) is 4.92. The minimum Gasteiger partial charge on any atom is -0.313 e. The lowest BCUT2D eigenvalue weighted by atomic mass is 10.2. The number of hydrogen-bond acceptors (Lipinski definition) is 3. The van der Waals surface area contributed by atoms with E-state index in [1.807, 2.05) is 0 Å². The van der Waals surface area contributed by atoms with Gasteiger partial charge in [0, 0.05) is 43.2 Å². The molecule has 0 aromatic rings. The van der Waals surface area contributed by atoms with E-state index in [1.54, 1.807) is 0 Å². The summed E-state index contributed by atoms with van der Waals surface area (Å²) in [5.41, 5.74) is 0. The van der Waals surface area contributed by atoms with Gasteiger partial charge >= 0.3 is 0 Å². The van der Waals surface area contributed by atoms with Gasteiger partial charge in [-0.25, -0.2) is 0 Å². The SMILES string of the molecule is CC1CN(CCNC2CCCC2)CCS1. The largest absolute Gasteiger partial charge is 0.313 e. The van der Waals surface area contributed by atoms with Crippen molar-refractivity contribution in [2.75, 3.05) is 31.9 Å². The van der Waals surface area contributed by atoms with Gasteiger partial charge < -0.3 is 10.2 Å². The molecule has 15 heavy (non-hydrogen) atoms. The van der Waals surface area contributed by atoms with Gasteiger partial charge in [0.2, 0.25) is 0 Å². The predicted octanol–water partition coefficient (Wildman–Crippen LogP) is 1.96. The minimum atomic E-state index is 0.835. The van der Waals surface area contributed by atoms with Crippen LogP contribution in [0.1, 0.15) is 32.6 Å². The zero-order valence-electron chi connectivity index (χ0n) is 9.87. The summed E-state index contributed by atoms with van der Waals surface area (Å²) in [4.78, 5) is 2.61. The first kappa shape index (κ1) is 11.7. The van der Waals surface area contributed by atoms with Crippen molar-refractivity contribution in [1.29, 1.82) is 0 Å². The first-order valence-electron chi connectivity index (χ1n) is 6.42. The fraction of sp³-hybridized carbons (Fsp3) is 1.00. The van der Waals surface area contributed by atoms with Crippen LogP contribution in [0.3, 0.4) is 0 Å². The normalized spacial score (nSPS) is 29.8. The lowest BCUT2D eigenvalue weighted by Crippen LogP contribution is -2.42. The molecule has 2 aliphatic rings.